The van der Waals surface area contributed by atoms with Crippen LogP contribution in [0.4, 0.5) is 0 Å². The zero-order chi connectivity index (χ0) is 14.3. The fourth-order valence-electron chi connectivity index (χ4n) is 1.26. The molecule has 7 N–H and O–H groups in total. The number of hydrogen-bond acceptors (Lipinski definition) is 5. The number of methoxy groups -OCH3 is 1. The summed E-state index contributed by atoms with van der Waals surface area (Å²) in [7, 11) is 1.39. The second-order valence-electron chi connectivity index (χ2n) is 3.49. The predicted octanol–water partition coefficient (Wildman–Crippen LogP) is -8.55. The normalized spacial score (nSPS) is 8.57. The van der Waals surface area contributed by atoms with Crippen molar-refractivity contribution in [2.45, 2.75) is 0 Å². The van der Waals surface area contributed by atoms with E-state index in [1.807, 2.05) is 0 Å². The van der Waals surface area contributed by atoms with Crippen LogP contribution >= 0.6 is 0 Å². The number of para-hydroxylation sites is 1. The number of benzene rings is 1. The molecular weight excluding hydrogens is 339 g/mol. The van der Waals surface area contributed by atoms with Gasteiger partial charge in [0.25, 0.3) is 0 Å². The van der Waals surface area contributed by atoms with E-state index in [-0.39, 0.29) is 85.9 Å². The van der Waals surface area contributed by atoms with E-state index in [4.69, 9.17) is 4.74 Å². The molecule has 23 heavy (non-hydrogen) atoms. The molecule has 1 amide bonds. The van der Waals surface area contributed by atoms with E-state index in [9.17, 15) is 19.8 Å². The van der Waals surface area contributed by atoms with Gasteiger partial charge in [-0.3, -0.25) is 0 Å². The van der Waals surface area contributed by atoms with Crippen molar-refractivity contribution in [1.82, 2.24) is 0 Å². The first-order chi connectivity index (χ1) is 9.04. The number of nitrogens with zero attached hydrogens (tertiary/aromatic N) is 1. The molecule has 0 atom stereocenters. The first-order valence-corrected chi connectivity index (χ1v) is 5.35. The molecule has 0 spiro atoms. The maximum Gasteiger partial charge on any atom is 1.00 e. The third-order valence-electron chi connectivity index (χ3n) is 2.12. The second kappa shape index (κ2) is 15.8. The van der Waals surface area contributed by atoms with Gasteiger partial charge in [0.05, 0.1) is 7.11 Å². The van der Waals surface area contributed by atoms with Crippen LogP contribution in [0.5, 0.6) is 11.5 Å². The average molecular weight is 357 g/mol. The third kappa shape index (κ3) is 11.2. The number of carbonyl (C=O) groups is 2. The Balaban J connectivity index is -0.000000451. The standard InChI is InChI=1S/C12H14N2O5.K.3H2O/c1-19-9-4-2-3-8(12(9)18)5-13-6-10(15)14-7-11(16)17;;;;/h2-5H,6-7H2,1H3,(H3,13,14,15,16,17,18);;3*1H2/q;+1;;;/p-2. The first kappa shape index (κ1) is 29.9. The molecule has 0 aliphatic heterocycles. The third-order valence-corrected chi connectivity index (χ3v) is 2.12. The summed E-state index contributed by atoms with van der Waals surface area (Å²) in [4.78, 5) is 23.8. The Morgan fingerprint density at radius 3 is 2.43 bits per heavy atom. The zero-order valence-electron chi connectivity index (χ0n) is 12.7. The van der Waals surface area contributed by atoms with E-state index >= 15 is 0 Å². The van der Waals surface area contributed by atoms with E-state index in [0.29, 0.717) is 5.56 Å². The van der Waals surface area contributed by atoms with Gasteiger partial charge in [-0.25, -0.2) is 4.99 Å². The quantitative estimate of drug-likeness (QED) is 0.386. The number of rotatable bonds is 6. The minimum atomic E-state index is -1.42. The van der Waals surface area contributed by atoms with Crippen LogP contribution in [0, 0.1) is 0 Å². The van der Waals surface area contributed by atoms with Gasteiger partial charge in [0.15, 0.2) is 12.8 Å². The Morgan fingerprint density at radius 1 is 1.30 bits per heavy atom. The van der Waals surface area contributed by atoms with E-state index < -0.39 is 18.4 Å². The Hall–Kier alpha value is -1.05. The summed E-state index contributed by atoms with van der Waals surface area (Å²) in [6.45, 7) is -0.879. The minimum Gasteiger partial charge on any atom is -0.869 e. The van der Waals surface area contributed by atoms with Gasteiger partial charge in [-0.05, 0) is 12.1 Å². The molecule has 0 bridgehead atoms. The molecule has 0 saturated carbocycles. The molecule has 0 heterocycles. The number of carbonyl (C=O) groups excluding carboxylic acids is 2. The van der Waals surface area contributed by atoms with Crippen LogP contribution in [-0.2, 0) is 9.59 Å². The summed E-state index contributed by atoms with van der Waals surface area (Å²) >= 11 is 0. The molecular formula is C12H18KN2O8-. The van der Waals surface area contributed by atoms with Gasteiger partial charge in [-0.2, -0.15) is 0 Å². The van der Waals surface area contributed by atoms with E-state index in [1.54, 1.807) is 12.1 Å². The van der Waals surface area contributed by atoms with E-state index in [2.05, 4.69) is 10.3 Å². The Bertz CT molecular complexity index is 510. The maximum absolute atomic E-state index is 11.7. The van der Waals surface area contributed by atoms with Gasteiger partial charge < -0.3 is 46.3 Å². The molecule has 0 saturated heterocycles. The number of hydrogen-bond donors (Lipinski definition) is 1. The second-order valence-corrected chi connectivity index (χ2v) is 3.49. The van der Waals surface area contributed by atoms with Crippen molar-refractivity contribution < 1.29 is 97.3 Å². The van der Waals surface area contributed by atoms with Gasteiger partial charge in [-0.15, -0.1) is 0 Å². The molecule has 11 heteroatoms. The molecule has 0 aliphatic carbocycles. The van der Waals surface area contributed by atoms with E-state index in [1.165, 1.54) is 19.4 Å². The fraction of sp³-hybridized carbons (Fsp3) is 0.250. The van der Waals surface area contributed by atoms with Crippen molar-refractivity contribution in [3.8, 4) is 11.5 Å². The van der Waals surface area contributed by atoms with Crippen LogP contribution in [0.2, 0.25) is 0 Å². The largest absolute Gasteiger partial charge is 1.00 e. The molecule has 1 aromatic carbocycles. The molecule has 1 rings (SSSR count). The summed E-state index contributed by atoms with van der Waals surface area (Å²) in [6, 6.07) is 4.72. The van der Waals surface area contributed by atoms with Crippen LogP contribution in [-0.4, -0.2) is 54.7 Å². The topological polar surface area (TPSA) is 212 Å². The molecule has 0 unspecified atom stereocenters. The zero-order valence-corrected chi connectivity index (χ0v) is 15.8. The number of ether oxygens (including phenoxy) is 1. The van der Waals surface area contributed by atoms with Gasteiger partial charge in [0.2, 0.25) is 0 Å². The number of carboxylic acids is 1. The van der Waals surface area contributed by atoms with Crippen molar-refractivity contribution in [3.63, 3.8) is 0 Å². The van der Waals surface area contributed by atoms with Crippen molar-refractivity contribution in [1.29, 1.82) is 0 Å². The summed E-state index contributed by atoms with van der Waals surface area (Å²) in [5, 5.41) is 25.0. The summed E-state index contributed by atoms with van der Waals surface area (Å²) in [5.74, 6) is -2.18. The Labute approximate surface area is 174 Å². The first-order valence-electron chi connectivity index (χ1n) is 5.35. The average Bonchev–Trinajstić information content (AvgIpc) is 2.38. The van der Waals surface area contributed by atoms with Crippen LogP contribution in [0.15, 0.2) is 18.2 Å². The summed E-state index contributed by atoms with van der Waals surface area (Å²) in [5.41, 5.74) is 0.326. The van der Waals surface area contributed by atoms with Crippen LogP contribution in [0.1, 0.15) is 5.56 Å². The SMILES string of the molecule is COc1cccc(C=[NH+]CC(=O)[N-]CC(=O)[O-])c1[O-].O.O.O.[K+]. The molecule has 0 aromatic heterocycles. The number of nitrogens with one attached hydrogen (secondary N) is 1. The number of carboxylic acid groups (broad SMARTS) is 1. The molecule has 0 fully saturated rings. The molecule has 126 valence electrons. The van der Waals surface area contributed by atoms with Crippen LogP contribution in [0.3, 0.4) is 0 Å². The monoisotopic (exact) mass is 357 g/mol. The Morgan fingerprint density at radius 2 is 1.91 bits per heavy atom. The Kier molecular flexibility index (Phi) is 20.6. The van der Waals surface area contributed by atoms with Crippen LogP contribution < -0.4 is 71.3 Å². The molecule has 0 aliphatic rings. The van der Waals surface area contributed by atoms with Crippen molar-refractivity contribution in [2.75, 3.05) is 20.2 Å². The number of aliphatic carboxylic acids is 1. The minimum absolute atomic E-state index is 0. The van der Waals surface area contributed by atoms with Crippen molar-refractivity contribution >= 4 is 18.1 Å². The fourth-order valence-corrected chi connectivity index (χ4v) is 1.26. The molecule has 1 aromatic rings. The smallest absolute Gasteiger partial charge is 0.869 e. The summed E-state index contributed by atoms with van der Waals surface area (Å²) < 4.78 is 4.86. The summed E-state index contributed by atoms with van der Waals surface area (Å²) in [6.07, 6.45) is 1.34. The number of amides is 1. The van der Waals surface area contributed by atoms with Gasteiger partial charge in [0.1, 0.15) is 11.7 Å². The van der Waals surface area contributed by atoms with Gasteiger partial charge in [-0.1, -0.05) is 18.4 Å². The van der Waals surface area contributed by atoms with E-state index in [0.717, 1.165) is 0 Å². The molecule has 10 nitrogen and oxygen atoms in total. The van der Waals surface area contributed by atoms with Crippen molar-refractivity contribution in [2.24, 2.45) is 0 Å². The molecule has 0 radical (unpaired) electrons. The van der Waals surface area contributed by atoms with Gasteiger partial charge >= 0.3 is 51.4 Å². The maximum atomic E-state index is 11.7. The predicted molar refractivity (Wildman–Crippen MR) is 72.5 cm³/mol. The van der Waals surface area contributed by atoms with Crippen LogP contribution in [0.25, 0.3) is 5.32 Å². The van der Waals surface area contributed by atoms with Gasteiger partial charge in [0, 0.05) is 11.5 Å². The van der Waals surface area contributed by atoms with Crippen molar-refractivity contribution in [3.05, 3.63) is 29.1 Å².